The number of aromatic nitrogens is 4. The molecule has 1 N–H and O–H groups in total. The normalized spacial score (nSPS) is 12.3. The first kappa shape index (κ1) is 18.4. The van der Waals surface area contributed by atoms with E-state index >= 15 is 0 Å². The Morgan fingerprint density at radius 1 is 0.875 bits per heavy atom. The van der Waals surface area contributed by atoms with Gasteiger partial charge in [0.1, 0.15) is 12.1 Å². The van der Waals surface area contributed by atoms with Crippen molar-refractivity contribution in [1.82, 2.24) is 19.5 Å². The molecule has 32 heavy (non-hydrogen) atoms. The lowest BCUT2D eigenvalue weighted by atomic mass is 9.97. The van der Waals surface area contributed by atoms with E-state index in [2.05, 4.69) is 40.6 Å². The Morgan fingerprint density at radius 3 is 2.56 bits per heavy atom. The fraction of sp³-hybridized carbons (Fsp3) is 0.0800. The third kappa shape index (κ3) is 3.02. The number of hydrogen-bond donors (Lipinski definition) is 1. The van der Waals surface area contributed by atoms with Crippen molar-refractivity contribution in [2.45, 2.75) is 0 Å². The van der Waals surface area contributed by atoms with Crippen LogP contribution >= 0.6 is 0 Å². The van der Waals surface area contributed by atoms with Crippen molar-refractivity contribution in [2.24, 2.45) is 0 Å². The van der Waals surface area contributed by atoms with Crippen LogP contribution in [0.5, 0.6) is 11.5 Å². The van der Waals surface area contributed by atoms with Gasteiger partial charge in [0, 0.05) is 25.0 Å². The molecule has 7 nitrogen and oxygen atoms in total. The maximum absolute atomic E-state index is 5.63. The molecule has 2 aromatic heterocycles. The molecule has 0 unspecified atom stereocenters. The van der Waals surface area contributed by atoms with Crippen LogP contribution in [0.1, 0.15) is 0 Å². The molecule has 0 bridgehead atoms. The minimum atomic E-state index is 0.224. The highest BCUT2D eigenvalue weighted by molar-refractivity contribution is 5.94. The Labute approximate surface area is 184 Å². The summed E-state index contributed by atoms with van der Waals surface area (Å²) in [6.07, 6.45) is 5.22. The fourth-order valence-corrected chi connectivity index (χ4v) is 3.99. The lowest BCUT2D eigenvalue weighted by Gasteiger charge is -2.16. The van der Waals surface area contributed by atoms with Crippen LogP contribution in [0, 0.1) is 0 Å². The monoisotopic (exact) mass is 421 g/mol. The zero-order chi connectivity index (χ0) is 21.5. The second kappa shape index (κ2) is 7.39. The van der Waals surface area contributed by atoms with Crippen LogP contribution in [0.3, 0.4) is 0 Å². The van der Waals surface area contributed by atoms with Crippen molar-refractivity contribution in [2.75, 3.05) is 19.2 Å². The molecule has 0 fully saturated rings. The van der Waals surface area contributed by atoms with Gasteiger partial charge < -0.3 is 14.8 Å². The molecule has 1 aliphatic heterocycles. The number of nitrogens with one attached hydrogen (secondary N) is 1. The quantitative estimate of drug-likeness (QED) is 0.444. The molecule has 0 saturated carbocycles. The smallest absolute Gasteiger partial charge is 0.237 e. The molecular formula is C25H19N5O2. The Hall–Kier alpha value is -4.39. The highest BCUT2D eigenvalue weighted by atomic mass is 16.7. The second-order valence-electron chi connectivity index (χ2n) is 7.45. The molecule has 1 aliphatic rings. The van der Waals surface area contributed by atoms with Crippen LogP contribution in [-0.2, 0) is 0 Å². The summed E-state index contributed by atoms with van der Waals surface area (Å²) in [6.45, 7) is 0.224. The van der Waals surface area contributed by atoms with Crippen LogP contribution < -0.4 is 14.8 Å². The van der Waals surface area contributed by atoms with Crippen molar-refractivity contribution in [3.63, 3.8) is 0 Å². The van der Waals surface area contributed by atoms with E-state index in [1.165, 1.54) is 5.39 Å². The van der Waals surface area contributed by atoms with Gasteiger partial charge in [-0.3, -0.25) is 4.57 Å². The summed E-state index contributed by atoms with van der Waals surface area (Å²) in [4.78, 5) is 13.9. The van der Waals surface area contributed by atoms with Gasteiger partial charge in [-0.2, -0.15) is 4.98 Å². The summed E-state index contributed by atoms with van der Waals surface area (Å²) in [5.41, 5.74) is 3.65. The molecule has 0 aliphatic carbocycles. The third-order valence-electron chi connectivity index (χ3n) is 5.55. The van der Waals surface area contributed by atoms with Crippen molar-refractivity contribution in [1.29, 1.82) is 0 Å². The molecule has 7 heteroatoms. The third-order valence-corrected chi connectivity index (χ3v) is 5.55. The Bertz CT molecular complexity index is 1450. The van der Waals surface area contributed by atoms with Gasteiger partial charge >= 0.3 is 0 Å². The minimum Gasteiger partial charge on any atom is -0.454 e. The first-order valence-electron chi connectivity index (χ1n) is 10.3. The Morgan fingerprint density at radius 2 is 1.72 bits per heavy atom. The molecule has 0 radical (unpaired) electrons. The Kier molecular flexibility index (Phi) is 4.24. The molecular weight excluding hydrogens is 402 g/mol. The van der Waals surface area contributed by atoms with E-state index in [0.29, 0.717) is 11.7 Å². The number of nitrogens with zero attached hydrogens (tertiary/aromatic N) is 4. The van der Waals surface area contributed by atoms with Crippen molar-refractivity contribution in [3.05, 3.63) is 79.4 Å². The van der Waals surface area contributed by atoms with Gasteiger partial charge in [-0.05, 0) is 40.6 Å². The lowest BCUT2D eigenvalue weighted by Crippen LogP contribution is -2.07. The molecule has 3 heterocycles. The fourth-order valence-electron chi connectivity index (χ4n) is 3.99. The van der Waals surface area contributed by atoms with Crippen LogP contribution in [-0.4, -0.2) is 33.4 Å². The number of rotatable bonds is 4. The lowest BCUT2D eigenvalue weighted by molar-refractivity contribution is 0.174. The first-order valence-corrected chi connectivity index (χ1v) is 10.3. The molecule has 0 atom stereocenters. The standard InChI is InChI=1S/C25H19N5O2/c1-26-24-22(18-7-6-16-4-2-3-5-17(16)12-18)23(28-25(29-24)30-11-10-27-14-30)19-8-9-20-21(13-19)32-15-31-20/h2-14H,15H2,1H3,(H,26,28,29). The van der Waals surface area contributed by atoms with Gasteiger partial charge in [0.2, 0.25) is 12.7 Å². The van der Waals surface area contributed by atoms with E-state index in [1.54, 1.807) is 17.1 Å². The van der Waals surface area contributed by atoms with E-state index in [4.69, 9.17) is 19.4 Å². The number of hydrogen-bond acceptors (Lipinski definition) is 6. The molecule has 156 valence electrons. The molecule has 3 aromatic carbocycles. The largest absolute Gasteiger partial charge is 0.454 e. The maximum Gasteiger partial charge on any atom is 0.237 e. The van der Waals surface area contributed by atoms with Crippen LogP contribution in [0.25, 0.3) is 39.1 Å². The minimum absolute atomic E-state index is 0.224. The summed E-state index contributed by atoms with van der Waals surface area (Å²) in [7, 11) is 1.87. The average Bonchev–Trinajstić information content (AvgIpc) is 3.54. The van der Waals surface area contributed by atoms with Crippen molar-refractivity contribution in [3.8, 4) is 39.8 Å². The zero-order valence-electron chi connectivity index (χ0n) is 17.3. The van der Waals surface area contributed by atoms with E-state index in [0.717, 1.165) is 39.3 Å². The van der Waals surface area contributed by atoms with E-state index in [1.807, 2.05) is 43.6 Å². The maximum atomic E-state index is 5.63. The topological polar surface area (TPSA) is 74.1 Å². The average molecular weight is 421 g/mol. The molecule has 0 amide bonds. The predicted molar refractivity (Wildman–Crippen MR) is 123 cm³/mol. The van der Waals surface area contributed by atoms with Crippen molar-refractivity contribution >= 4 is 16.6 Å². The summed E-state index contributed by atoms with van der Waals surface area (Å²) < 4.78 is 12.9. The Balaban J connectivity index is 1.63. The summed E-state index contributed by atoms with van der Waals surface area (Å²) in [5.74, 6) is 2.70. The van der Waals surface area contributed by atoms with Crippen LogP contribution in [0.15, 0.2) is 79.4 Å². The van der Waals surface area contributed by atoms with Gasteiger partial charge in [-0.25, -0.2) is 9.97 Å². The number of imidazole rings is 1. The first-order chi connectivity index (χ1) is 15.8. The molecule has 0 spiro atoms. The van der Waals surface area contributed by atoms with E-state index in [-0.39, 0.29) is 6.79 Å². The summed E-state index contributed by atoms with van der Waals surface area (Å²) in [5, 5.41) is 5.60. The van der Waals surface area contributed by atoms with Gasteiger partial charge in [0.15, 0.2) is 11.5 Å². The SMILES string of the molecule is CNc1nc(-n2ccnc2)nc(-c2ccc3c(c2)OCO3)c1-c1ccc2ccccc2c1. The highest BCUT2D eigenvalue weighted by Crippen LogP contribution is 2.41. The molecule has 6 rings (SSSR count). The number of ether oxygens (including phenoxy) is 2. The number of fused-ring (bicyclic) bond motifs is 2. The van der Waals surface area contributed by atoms with E-state index in [9.17, 15) is 0 Å². The van der Waals surface area contributed by atoms with Crippen LogP contribution in [0.4, 0.5) is 5.82 Å². The van der Waals surface area contributed by atoms with Gasteiger partial charge in [-0.1, -0.05) is 36.4 Å². The van der Waals surface area contributed by atoms with E-state index < -0.39 is 0 Å². The zero-order valence-corrected chi connectivity index (χ0v) is 17.3. The van der Waals surface area contributed by atoms with Gasteiger partial charge in [-0.15, -0.1) is 0 Å². The summed E-state index contributed by atoms with van der Waals surface area (Å²) >= 11 is 0. The number of benzene rings is 3. The second-order valence-corrected chi connectivity index (χ2v) is 7.45. The van der Waals surface area contributed by atoms with Crippen LogP contribution in [0.2, 0.25) is 0 Å². The van der Waals surface area contributed by atoms with Gasteiger partial charge in [0.05, 0.1) is 11.3 Å². The molecule has 5 aromatic rings. The predicted octanol–water partition coefficient (Wildman–Crippen LogP) is 4.92. The summed E-state index contributed by atoms with van der Waals surface area (Å²) in [6, 6.07) is 20.6. The van der Waals surface area contributed by atoms with Gasteiger partial charge in [0.25, 0.3) is 0 Å². The number of anilines is 1. The molecule has 0 saturated heterocycles. The van der Waals surface area contributed by atoms with Crippen molar-refractivity contribution < 1.29 is 9.47 Å². The highest BCUT2D eigenvalue weighted by Gasteiger charge is 2.21.